The van der Waals surface area contributed by atoms with Crippen molar-refractivity contribution < 1.29 is 19.1 Å². The van der Waals surface area contributed by atoms with E-state index in [1.54, 1.807) is 24.3 Å². The SMILES string of the molecule is C=C[C@@H](C(=O)OC)N1C(=O)c2ccccc2C1=O. The van der Waals surface area contributed by atoms with Gasteiger partial charge in [-0.05, 0) is 12.1 Å². The molecule has 2 rings (SSSR count). The van der Waals surface area contributed by atoms with E-state index in [2.05, 4.69) is 11.3 Å². The van der Waals surface area contributed by atoms with Crippen LogP contribution in [0.3, 0.4) is 0 Å². The second-order valence-corrected chi connectivity index (χ2v) is 3.73. The maximum atomic E-state index is 12.1. The Bertz CT molecular complexity index is 515. The summed E-state index contributed by atoms with van der Waals surface area (Å²) in [6.07, 6.45) is 1.22. The third-order valence-electron chi connectivity index (χ3n) is 2.77. The van der Waals surface area contributed by atoms with Gasteiger partial charge in [0.05, 0.1) is 18.2 Å². The molecular formula is C13H11NO4. The number of hydrogen-bond acceptors (Lipinski definition) is 4. The molecule has 0 saturated heterocycles. The molecule has 0 aliphatic carbocycles. The van der Waals surface area contributed by atoms with Crippen molar-refractivity contribution in [2.45, 2.75) is 6.04 Å². The maximum absolute atomic E-state index is 12.1. The first-order valence-electron chi connectivity index (χ1n) is 5.29. The van der Waals surface area contributed by atoms with Gasteiger partial charge in [0.2, 0.25) is 0 Å². The van der Waals surface area contributed by atoms with E-state index in [0.717, 1.165) is 4.90 Å². The van der Waals surface area contributed by atoms with E-state index in [4.69, 9.17) is 0 Å². The number of carbonyl (C=O) groups excluding carboxylic acids is 3. The van der Waals surface area contributed by atoms with E-state index < -0.39 is 23.8 Å². The minimum absolute atomic E-state index is 0.290. The number of ether oxygens (including phenoxy) is 1. The Labute approximate surface area is 104 Å². The van der Waals surface area contributed by atoms with Crippen LogP contribution in [-0.2, 0) is 9.53 Å². The summed E-state index contributed by atoms with van der Waals surface area (Å²) in [5, 5.41) is 0. The van der Waals surface area contributed by atoms with Crippen LogP contribution in [0.1, 0.15) is 20.7 Å². The summed E-state index contributed by atoms with van der Waals surface area (Å²) in [6, 6.07) is 5.32. The van der Waals surface area contributed by atoms with E-state index >= 15 is 0 Å². The molecule has 0 aromatic heterocycles. The van der Waals surface area contributed by atoms with Crippen LogP contribution in [-0.4, -0.2) is 35.8 Å². The highest BCUT2D eigenvalue weighted by molar-refractivity contribution is 6.22. The van der Waals surface area contributed by atoms with Crippen LogP contribution in [0.25, 0.3) is 0 Å². The van der Waals surface area contributed by atoms with Crippen molar-refractivity contribution in [2.75, 3.05) is 7.11 Å². The van der Waals surface area contributed by atoms with Crippen molar-refractivity contribution in [3.8, 4) is 0 Å². The Kier molecular flexibility index (Phi) is 2.97. The minimum Gasteiger partial charge on any atom is -0.467 e. The van der Waals surface area contributed by atoms with Crippen molar-refractivity contribution in [3.63, 3.8) is 0 Å². The van der Waals surface area contributed by atoms with Crippen LogP contribution >= 0.6 is 0 Å². The van der Waals surface area contributed by atoms with Gasteiger partial charge in [0.1, 0.15) is 0 Å². The zero-order valence-corrected chi connectivity index (χ0v) is 9.75. The lowest BCUT2D eigenvalue weighted by Gasteiger charge is -2.20. The van der Waals surface area contributed by atoms with E-state index in [0.29, 0.717) is 11.1 Å². The fourth-order valence-corrected chi connectivity index (χ4v) is 1.89. The molecule has 0 N–H and O–H groups in total. The van der Waals surface area contributed by atoms with Crippen LogP contribution < -0.4 is 0 Å². The van der Waals surface area contributed by atoms with Crippen molar-refractivity contribution in [2.24, 2.45) is 0 Å². The van der Waals surface area contributed by atoms with Crippen molar-refractivity contribution >= 4 is 17.8 Å². The summed E-state index contributed by atoms with van der Waals surface area (Å²) >= 11 is 0. The van der Waals surface area contributed by atoms with Gasteiger partial charge < -0.3 is 4.74 Å². The Morgan fingerprint density at radius 2 is 1.78 bits per heavy atom. The van der Waals surface area contributed by atoms with Crippen LogP contribution in [0.2, 0.25) is 0 Å². The molecular weight excluding hydrogens is 234 g/mol. The van der Waals surface area contributed by atoms with Gasteiger partial charge in [-0.15, -0.1) is 6.58 Å². The number of methoxy groups -OCH3 is 1. The smallest absolute Gasteiger partial charge is 0.333 e. The van der Waals surface area contributed by atoms with Gasteiger partial charge in [0, 0.05) is 0 Å². The molecule has 1 aromatic rings. The molecule has 5 heteroatoms. The molecule has 0 unspecified atom stereocenters. The van der Waals surface area contributed by atoms with Gasteiger partial charge in [0.25, 0.3) is 11.8 Å². The van der Waals surface area contributed by atoms with Crippen molar-refractivity contribution in [1.82, 2.24) is 4.90 Å². The lowest BCUT2D eigenvalue weighted by molar-refractivity contribution is -0.143. The topological polar surface area (TPSA) is 63.7 Å². The number of benzene rings is 1. The highest BCUT2D eigenvalue weighted by Crippen LogP contribution is 2.25. The Hall–Kier alpha value is -2.43. The molecule has 0 saturated carbocycles. The van der Waals surface area contributed by atoms with E-state index in [-0.39, 0.29) is 0 Å². The number of esters is 1. The molecule has 0 radical (unpaired) electrons. The third kappa shape index (κ3) is 1.60. The molecule has 1 heterocycles. The molecule has 1 aliphatic rings. The van der Waals surface area contributed by atoms with Gasteiger partial charge in [0.15, 0.2) is 6.04 Å². The Morgan fingerprint density at radius 3 is 2.17 bits per heavy atom. The van der Waals surface area contributed by atoms with E-state index in [1.165, 1.54) is 13.2 Å². The first-order chi connectivity index (χ1) is 8.61. The Balaban J connectivity index is 2.44. The van der Waals surface area contributed by atoms with E-state index in [9.17, 15) is 14.4 Å². The average molecular weight is 245 g/mol. The van der Waals surface area contributed by atoms with Gasteiger partial charge in [-0.1, -0.05) is 18.2 Å². The number of amides is 2. The molecule has 1 atom stereocenters. The van der Waals surface area contributed by atoms with Gasteiger partial charge >= 0.3 is 5.97 Å². The summed E-state index contributed by atoms with van der Waals surface area (Å²) in [5.74, 6) is -1.71. The zero-order chi connectivity index (χ0) is 13.3. The molecule has 1 aliphatic heterocycles. The summed E-state index contributed by atoms with van der Waals surface area (Å²) in [7, 11) is 1.19. The summed E-state index contributed by atoms with van der Waals surface area (Å²) in [6.45, 7) is 3.46. The monoisotopic (exact) mass is 245 g/mol. The van der Waals surface area contributed by atoms with Crippen LogP contribution in [0.4, 0.5) is 0 Å². The van der Waals surface area contributed by atoms with Gasteiger partial charge in [-0.3, -0.25) is 14.5 Å². The molecule has 18 heavy (non-hydrogen) atoms. The fourth-order valence-electron chi connectivity index (χ4n) is 1.89. The molecule has 5 nitrogen and oxygen atoms in total. The summed E-state index contributed by atoms with van der Waals surface area (Å²) < 4.78 is 4.55. The third-order valence-corrected chi connectivity index (χ3v) is 2.77. The summed E-state index contributed by atoms with van der Waals surface area (Å²) in [4.78, 5) is 36.6. The van der Waals surface area contributed by atoms with Crippen molar-refractivity contribution in [1.29, 1.82) is 0 Å². The van der Waals surface area contributed by atoms with Gasteiger partial charge in [-0.2, -0.15) is 0 Å². The second-order valence-electron chi connectivity index (χ2n) is 3.73. The number of rotatable bonds is 3. The fraction of sp³-hybridized carbons (Fsp3) is 0.154. The normalized spacial score (nSPS) is 15.3. The van der Waals surface area contributed by atoms with Crippen LogP contribution in [0.15, 0.2) is 36.9 Å². The highest BCUT2D eigenvalue weighted by atomic mass is 16.5. The lowest BCUT2D eigenvalue weighted by Crippen LogP contribution is -2.44. The molecule has 0 spiro atoms. The molecule has 0 bridgehead atoms. The van der Waals surface area contributed by atoms with Crippen molar-refractivity contribution in [3.05, 3.63) is 48.0 Å². The predicted octanol–water partition coefficient (Wildman–Crippen LogP) is 1.01. The zero-order valence-electron chi connectivity index (χ0n) is 9.75. The number of carbonyl (C=O) groups is 3. The average Bonchev–Trinajstić information content (AvgIpc) is 2.65. The van der Waals surface area contributed by atoms with Gasteiger partial charge in [-0.25, -0.2) is 4.79 Å². The number of imide groups is 1. The largest absolute Gasteiger partial charge is 0.467 e. The number of fused-ring (bicyclic) bond motifs is 1. The lowest BCUT2D eigenvalue weighted by atomic mass is 10.1. The molecule has 0 fully saturated rings. The highest BCUT2D eigenvalue weighted by Gasteiger charge is 2.41. The first kappa shape index (κ1) is 12.0. The molecule has 92 valence electrons. The van der Waals surface area contributed by atoms with Crippen LogP contribution in [0.5, 0.6) is 0 Å². The minimum atomic E-state index is -1.10. The Morgan fingerprint density at radius 1 is 1.28 bits per heavy atom. The number of nitrogens with zero attached hydrogens (tertiary/aromatic N) is 1. The quantitative estimate of drug-likeness (QED) is 0.453. The standard InChI is InChI=1S/C13H11NO4/c1-3-10(13(17)18-2)14-11(15)8-6-4-5-7-9(8)12(14)16/h3-7,10H,1H2,2H3/t10-/m0/s1. The number of hydrogen-bond donors (Lipinski definition) is 0. The van der Waals surface area contributed by atoms with Crippen LogP contribution in [0, 0.1) is 0 Å². The summed E-state index contributed by atoms with van der Waals surface area (Å²) in [5.41, 5.74) is 0.580. The molecule has 1 aromatic carbocycles. The first-order valence-corrected chi connectivity index (χ1v) is 5.29. The van der Waals surface area contributed by atoms with E-state index in [1.807, 2.05) is 0 Å². The second kappa shape index (κ2) is 4.44. The molecule has 2 amide bonds. The maximum Gasteiger partial charge on any atom is 0.333 e. The predicted molar refractivity (Wildman–Crippen MR) is 62.9 cm³/mol.